The van der Waals surface area contributed by atoms with Gasteiger partial charge in [-0.1, -0.05) is 30.3 Å². The van der Waals surface area contributed by atoms with E-state index in [1.807, 2.05) is 26.4 Å². The molecule has 8 nitrogen and oxygen atoms in total. The molecule has 1 N–H and O–H groups in total. The van der Waals surface area contributed by atoms with Gasteiger partial charge in [-0.2, -0.15) is 4.80 Å². The summed E-state index contributed by atoms with van der Waals surface area (Å²) in [5.41, 5.74) is 5.39. The van der Waals surface area contributed by atoms with Gasteiger partial charge in [-0.25, -0.2) is 9.97 Å². The average Bonchev–Trinajstić information content (AvgIpc) is 3.34. The maximum atomic E-state index is 4.71. The maximum Gasteiger partial charge on any atom is 0.242 e. The van der Waals surface area contributed by atoms with Gasteiger partial charge >= 0.3 is 0 Å². The molecule has 8 heteroatoms. The highest BCUT2D eigenvalue weighted by Crippen LogP contribution is 2.33. The Morgan fingerprint density at radius 3 is 2.59 bits per heavy atom. The van der Waals surface area contributed by atoms with Gasteiger partial charge in [0, 0.05) is 48.9 Å². The first-order valence-corrected chi connectivity index (χ1v) is 9.35. The molecule has 0 atom stereocenters. The average molecular weight is 384 g/mol. The molecule has 0 fully saturated rings. The van der Waals surface area contributed by atoms with Gasteiger partial charge in [0.15, 0.2) is 0 Å². The Kier molecular flexibility index (Phi) is 3.97. The lowest BCUT2D eigenvalue weighted by Crippen LogP contribution is -2.09. The van der Waals surface area contributed by atoms with E-state index >= 15 is 0 Å². The predicted molar refractivity (Wildman–Crippen MR) is 113 cm³/mol. The summed E-state index contributed by atoms with van der Waals surface area (Å²) >= 11 is 0. The standard InChI is InChI=1S/C21H20N8/c1-28(2)18-11-17-16(12-22-20(24-17)21-25-27-29(3)26-21)19-15(18)10-14(23-19)9-13-7-5-4-6-8-13/h4-8,10-12,23H,9H2,1-3H3. The zero-order valence-corrected chi connectivity index (χ0v) is 16.5. The first kappa shape index (κ1) is 17.3. The van der Waals surface area contributed by atoms with Crippen molar-refractivity contribution >= 4 is 27.5 Å². The number of aryl methyl sites for hydroxylation is 1. The number of benzene rings is 2. The first-order chi connectivity index (χ1) is 14.1. The topological polar surface area (TPSA) is 88.4 Å². The Morgan fingerprint density at radius 2 is 1.86 bits per heavy atom. The smallest absolute Gasteiger partial charge is 0.242 e. The molecule has 0 unspecified atom stereocenters. The van der Waals surface area contributed by atoms with E-state index in [0.29, 0.717) is 11.6 Å². The summed E-state index contributed by atoms with van der Waals surface area (Å²) in [6.45, 7) is 0. The largest absolute Gasteiger partial charge is 0.377 e. The second kappa shape index (κ2) is 6.66. The number of nitrogens with one attached hydrogen (secondary N) is 1. The van der Waals surface area contributed by atoms with Crippen LogP contribution in [0.25, 0.3) is 33.5 Å². The Hall–Kier alpha value is -3.81. The summed E-state index contributed by atoms with van der Waals surface area (Å²) in [4.78, 5) is 16.3. The molecular formula is C21H20N8. The van der Waals surface area contributed by atoms with Gasteiger partial charge < -0.3 is 9.88 Å². The summed E-state index contributed by atoms with van der Waals surface area (Å²) in [5.74, 6) is 0.878. The van der Waals surface area contributed by atoms with Crippen molar-refractivity contribution in [3.63, 3.8) is 0 Å². The van der Waals surface area contributed by atoms with E-state index < -0.39 is 0 Å². The number of hydrogen-bond donors (Lipinski definition) is 1. The van der Waals surface area contributed by atoms with Crippen molar-refractivity contribution in [2.75, 3.05) is 19.0 Å². The molecule has 29 heavy (non-hydrogen) atoms. The molecule has 3 heterocycles. The Balaban J connectivity index is 1.68. The fourth-order valence-electron chi connectivity index (χ4n) is 3.59. The van der Waals surface area contributed by atoms with E-state index in [2.05, 4.69) is 66.7 Å². The minimum absolute atomic E-state index is 0.414. The maximum absolute atomic E-state index is 4.71. The molecule has 0 amide bonds. The zero-order valence-electron chi connectivity index (χ0n) is 16.5. The summed E-state index contributed by atoms with van der Waals surface area (Å²) in [7, 11) is 5.80. The van der Waals surface area contributed by atoms with Crippen LogP contribution in [0.3, 0.4) is 0 Å². The zero-order chi connectivity index (χ0) is 20.0. The summed E-state index contributed by atoms with van der Waals surface area (Å²) < 4.78 is 0. The number of nitrogens with zero attached hydrogens (tertiary/aromatic N) is 7. The molecule has 144 valence electrons. The van der Waals surface area contributed by atoms with Gasteiger partial charge in [-0.05, 0) is 22.9 Å². The Bertz CT molecular complexity index is 1320. The van der Waals surface area contributed by atoms with E-state index in [-0.39, 0.29) is 0 Å². The Morgan fingerprint density at radius 1 is 1.03 bits per heavy atom. The highest BCUT2D eigenvalue weighted by Gasteiger charge is 2.15. The number of fused-ring (bicyclic) bond motifs is 3. The monoisotopic (exact) mass is 384 g/mol. The van der Waals surface area contributed by atoms with Crippen LogP contribution in [0.1, 0.15) is 11.3 Å². The fourth-order valence-corrected chi connectivity index (χ4v) is 3.59. The lowest BCUT2D eigenvalue weighted by atomic mass is 10.1. The number of tetrazole rings is 1. The van der Waals surface area contributed by atoms with Gasteiger partial charge in [0.1, 0.15) is 0 Å². The van der Waals surface area contributed by atoms with E-state index in [1.165, 1.54) is 10.4 Å². The van der Waals surface area contributed by atoms with Crippen LogP contribution >= 0.6 is 0 Å². The summed E-state index contributed by atoms with van der Waals surface area (Å²) in [5, 5.41) is 14.2. The highest BCUT2D eigenvalue weighted by molar-refractivity contribution is 6.10. The van der Waals surface area contributed by atoms with Crippen molar-refractivity contribution < 1.29 is 0 Å². The fraction of sp³-hybridized carbons (Fsp3) is 0.190. The number of rotatable bonds is 4. The minimum Gasteiger partial charge on any atom is -0.377 e. The first-order valence-electron chi connectivity index (χ1n) is 9.35. The summed E-state index contributed by atoms with van der Waals surface area (Å²) in [6, 6.07) is 14.7. The van der Waals surface area contributed by atoms with E-state index in [4.69, 9.17) is 4.98 Å². The lowest BCUT2D eigenvalue weighted by Gasteiger charge is -2.15. The predicted octanol–water partition coefficient (Wildman–Crippen LogP) is 2.96. The quantitative estimate of drug-likeness (QED) is 0.512. The van der Waals surface area contributed by atoms with Gasteiger partial charge in [-0.15, -0.1) is 10.2 Å². The Labute approximate surface area is 167 Å². The third-order valence-electron chi connectivity index (χ3n) is 4.94. The molecule has 2 aromatic carbocycles. The highest BCUT2D eigenvalue weighted by atomic mass is 15.6. The van der Waals surface area contributed by atoms with Crippen LogP contribution < -0.4 is 4.90 Å². The van der Waals surface area contributed by atoms with Crippen molar-refractivity contribution in [3.05, 3.63) is 59.9 Å². The second-order valence-electron chi connectivity index (χ2n) is 7.26. The van der Waals surface area contributed by atoms with Crippen molar-refractivity contribution in [2.45, 2.75) is 6.42 Å². The van der Waals surface area contributed by atoms with Gasteiger partial charge in [0.2, 0.25) is 11.6 Å². The van der Waals surface area contributed by atoms with Crippen molar-refractivity contribution in [1.29, 1.82) is 0 Å². The number of aromatic amines is 1. The third kappa shape index (κ3) is 3.08. The molecule has 0 spiro atoms. The molecular weight excluding hydrogens is 364 g/mol. The van der Waals surface area contributed by atoms with Crippen molar-refractivity contribution in [1.82, 2.24) is 35.2 Å². The molecule has 0 aliphatic rings. The van der Waals surface area contributed by atoms with Crippen LogP contribution in [0.15, 0.2) is 48.7 Å². The molecule has 5 rings (SSSR count). The number of anilines is 1. The van der Waals surface area contributed by atoms with Crippen LogP contribution in [-0.4, -0.2) is 49.3 Å². The minimum atomic E-state index is 0.414. The number of aromatic nitrogens is 7. The second-order valence-corrected chi connectivity index (χ2v) is 7.26. The lowest BCUT2D eigenvalue weighted by molar-refractivity contribution is 0.630. The van der Waals surface area contributed by atoms with Crippen LogP contribution in [-0.2, 0) is 13.5 Å². The molecule has 0 saturated carbocycles. The molecule has 0 saturated heterocycles. The van der Waals surface area contributed by atoms with Crippen molar-refractivity contribution in [2.24, 2.45) is 7.05 Å². The van der Waals surface area contributed by atoms with Crippen LogP contribution in [0.5, 0.6) is 0 Å². The number of H-pyrrole nitrogens is 1. The van der Waals surface area contributed by atoms with Gasteiger partial charge in [-0.3, -0.25) is 0 Å². The van der Waals surface area contributed by atoms with Crippen LogP contribution in [0.4, 0.5) is 5.69 Å². The normalized spacial score (nSPS) is 11.4. The molecule has 0 aliphatic heterocycles. The van der Waals surface area contributed by atoms with E-state index in [0.717, 1.165) is 39.6 Å². The van der Waals surface area contributed by atoms with Crippen LogP contribution in [0, 0.1) is 0 Å². The number of hydrogen-bond acceptors (Lipinski definition) is 6. The van der Waals surface area contributed by atoms with Gasteiger partial charge in [0.25, 0.3) is 0 Å². The van der Waals surface area contributed by atoms with Gasteiger partial charge in [0.05, 0.1) is 18.1 Å². The van der Waals surface area contributed by atoms with E-state index in [9.17, 15) is 0 Å². The molecule has 0 bridgehead atoms. The van der Waals surface area contributed by atoms with E-state index in [1.54, 1.807) is 7.05 Å². The third-order valence-corrected chi connectivity index (χ3v) is 4.94. The summed E-state index contributed by atoms with van der Waals surface area (Å²) in [6.07, 6.45) is 2.67. The molecule has 0 radical (unpaired) electrons. The SMILES string of the molecule is CN(C)c1cc2nc(-c3nnn(C)n3)ncc2c2[nH]c(Cc3ccccc3)cc12. The molecule has 5 aromatic rings. The molecule has 3 aromatic heterocycles. The molecule has 0 aliphatic carbocycles. The van der Waals surface area contributed by atoms with Crippen LogP contribution in [0.2, 0.25) is 0 Å². The van der Waals surface area contributed by atoms with Crippen molar-refractivity contribution in [3.8, 4) is 11.6 Å².